The van der Waals surface area contributed by atoms with Crippen molar-refractivity contribution in [3.05, 3.63) is 12.7 Å². The number of aliphatic hydroxyl groups is 1. The molecule has 3 aliphatic rings. The first-order chi connectivity index (χ1) is 16.4. The van der Waals surface area contributed by atoms with Crippen LogP contribution in [0, 0.1) is 11.8 Å². The van der Waals surface area contributed by atoms with Crippen molar-refractivity contribution in [1.82, 2.24) is 0 Å². The summed E-state index contributed by atoms with van der Waals surface area (Å²) in [5.41, 5.74) is -10.3. The minimum atomic E-state index is -6.70. The lowest BCUT2D eigenvalue weighted by atomic mass is 9.58. The monoisotopic (exact) mass is 544 g/mol. The second kappa shape index (κ2) is 9.02. The molecule has 1 heterocycles. The van der Waals surface area contributed by atoms with Gasteiger partial charge >= 0.3 is 36.0 Å². The zero-order valence-electron chi connectivity index (χ0n) is 19.0. The van der Waals surface area contributed by atoms with Crippen LogP contribution in [0.3, 0.4) is 0 Å². The lowest BCUT2D eigenvalue weighted by Gasteiger charge is -2.64. The number of alkyl halides is 10. The summed E-state index contributed by atoms with van der Waals surface area (Å²) < 4.78 is 159. The standard InChI is InChI=1S/C22H26F10O4/c1-2-15(33)35-16(13-9-5-3-6-10-13)18(23,24)17(21(27,28)29,14-11-7-4-8-12-14)36-20(34,19(16,25)26)22(30,31)32/h2,13-14,34H,1,3-12H2. The molecular formula is C22H26F10O4. The summed E-state index contributed by atoms with van der Waals surface area (Å²) in [7, 11) is 0. The van der Waals surface area contributed by atoms with E-state index in [1.54, 1.807) is 0 Å². The molecular weight excluding hydrogens is 518 g/mol. The van der Waals surface area contributed by atoms with Crippen molar-refractivity contribution in [1.29, 1.82) is 0 Å². The lowest BCUT2D eigenvalue weighted by Crippen LogP contribution is -2.90. The first-order valence-electron chi connectivity index (χ1n) is 11.5. The van der Waals surface area contributed by atoms with Crippen molar-refractivity contribution in [3.63, 3.8) is 0 Å². The fourth-order valence-electron chi connectivity index (χ4n) is 6.07. The van der Waals surface area contributed by atoms with Gasteiger partial charge in [-0.05, 0) is 25.7 Å². The van der Waals surface area contributed by atoms with E-state index in [0.717, 1.165) is 0 Å². The maximum atomic E-state index is 16.5. The van der Waals surface area contributed by atoms with Crippen LogP contribution in [0.15, 0.2) is 12.7 Å². The third-order valence-corrected chi connectivity index (χ3v) is 7.73. The Bertz CT molecular complexity index is 845. The maximum absolute atomic E-state index is 16.5. The molecule has 208 valence electrons. The van der Waals surface area contributed by atoms with E-state index in [2.05, 4.69) is 16.1 Å². The fourth-order valence-corrected chi connectivity index (χ4v) is 6.07. The second-order valence-electron chi connectivity index (χ2n) is 9.66. The third kappa shape index (κ3) is 3.67. The van der Waals surface area contributed by atoms with E-state index in [1.165, 1.54) is 0 Å². The van der Waals surface area contributed by atoms with Gasteiger partial charge in [-0.1, -0.05) is 45.1 Å². The summed E-state index contributed by atoms with van der Waals surface area (Å²) in [6.07, 6.45) is -15.9. The van der Waals surface area contributed by atoms with Gasteiger partial charge in [0.1, 0.15) is 0 Å². The molecule has 3 fully saturated rings. The molecule has 0 spiro atoms. The molecule has 0 amide bonds. The van der Waals surface area contributed by atoms with Crippen molar-refractivity contribution in [2.75, 3.05) is 0 Å². The first-order valence-corrected chi connectivity index (χ1v) is 11.5. The smallest absolute Gasteiger partial charge is 0.442 e. The molecule has 1 saturated heterocycles. The van der Waals surface area contributed by atoms with Crippen LogP contribution in [0.25, 0.3) is 0 Å². The Morgan fingerprint density at radius 2 is 1.25 bits per heavy atom. The van der Waals surface area contributed by atoms with E-state index in [1.807, 2.05) is 0 Å². The Morgan fingerprint density at radius 3 is 1.64 bits per heavy atom. The van der Waals surface area contributed by atoms with E-state index >= 15 is 17.6 Å². The summed E-state index contributed by atoms with van der Waals surface area (Å²) in [5.74, 6) is -25.2. The minimum Gasteiger partial charge on any atom is -0.442 e. The van der Waals surface area contributed by atoms with Crippen LogP contribution in [0.2, 0.25) is 0 Å². The van der Waals surface area contributed by atoms with Crippen LogP contribution in [0.4, 0.5) is 43.9 Å². The van der Waals surface area contributed by atoms with Gasteiger partial charge in [0, 0.05) is 17.9 Å². The molecule has 2 saturated carbocycles. The molecule has 0 radical (unpaired) electrons. The first kappa shape index (κ1) is 29.0. The molecule has 3 rings (SSSR count). The summed E-state index contributed by atoms with van der Waals surface area (Å²) in [6.45, 7) is 2.86. The Hall–Kier alpha value is -1.57. The Morgan fingerprint density at radius 1 is 0.806 bits per heavy atom. The van der Waals surface area contributed by atoms with Gasteiger partial charge in [0.15, 0.2) is 0 Å². The summed E-state index contributed by atoms with van der Waals surface area (Å²) >= 11 is 0. The predicted molar refractivity (Wildman–Crippen MR) is 103 cm³/mol. The van der Waals surface area contributed by atoms with Gasteiger partial charge in [-0.15, -0.1) is 0 Å². The number of rotatable bonds is 4. The molecule has 14 heteroatoms. The zero-order chi connectivity index (χ0) is 27.4. The molecule has 3 unspecified atom stereocenters. The highest BCUT2D eigenvalue weighted by atomic mass is 19.4. The Labute approximate surface area is 200 Å². The number of esters is 1. The Balaban J connectivity index is 2.50. The summed E-state index contributed by atoms with van der Waals surface area (Å²) in [6, 6.07) is 0. The number of ether oxygens (including phenoxy) is 2. The Kier molecular flexibility index (Phi) is 7.26. The molecule has 4 nitrogen and oxygen atoms in total. The van der Waals surface area contributed by atoms with Crippen molar-refractivity contribution in [2.45, 2.75) is 105 Å². The predicted octanol–water partition coefficient (Wildman–Crippen LogP) is 6.47. The van der Waals surface area contributed by atoms with Crippen LogP contribution < -0.4 is 0 Å². The molecule has 1 aliphatic heterocycles. The van der Waals surface area contributed by atoms with Gasteiger partial charge < -0.3 is 14.6 Å². The number of halogens is 10. The molecule has 2 aliphatic carbocycles. The van der Waals surface area contributed by atoms with Crippen LogP contribution >= 0.6 is 0 Å². The number of hydrogen-bond donors (Lipinski definition) is 1. The third-order valence-electron chi connectivity index (χ3n) is 7.73. The number of hydrogen-bond acceptors (Lipinski definition) is 4. The fraction of sp³-hybridized carbons (Fsp3) is 0.864. The van der Waals surface area contributed by atoms with E-state index in [9.17, 15) is 36.2 Å². The molecule has 0 aromatic heterocycles. The van der Waals surface area contributed by atoms with Crippen molar-refractivity contribution < 1.29 is 63.3 Å². The lowest BCUT2D eigenvalue weighted by molar-refractivity contribution is -0.570. The summed E-state index contributed by atoms with van der Waals surface area (Å²) in [5, 5.41) is 10.3. The van der Waals surface area contributed by atoms with Crippen molar-refractivity contribution >= 4 is 5.97 Å². The zero-order valence-corrected chi connectivity index (χ0v) is 19.0. The van der Waals surface area contributed by atoms with E-state index in [-0.39, 0.29) is 44.6 Å². The summed E-state index contributed by atoms with van der Waals surface area (Å²) in [4.78, 5) is 12.1. The van der Waals surface area contributed by atoms with Gasteiger partial charge in [-0.3, -0.25) is 0 Å². The van der Waals surface area contributed by atoms with Crippen molar-refractivity contribution in [3.8, 4) is 0 Å². The SMILES string of the molecule is C=CC(=O)OC1(C2CCCCC2)C(F)(F)C(O)(C(F)(F)F)OC(C2CCCCC2)(C(F)(F)F)C1(F)F. The van der Waals surface area contributed by atoms with Gasteiger partial charge in [0.05, 0.1) is 0 Å². The average Bonchev–Trinajstić information content (AvgIpc) is 2.78. The molecule has 1 N–H and O–H groups in total. The number of carbonyl (C=O) groups excluding carboxylic acids is 1. The van der Waals surface area contributed by atoms with Gasteiger partial charge in [0.25, 0.3) is 5.60 Å². The van der Waals surface area contributed by atoms with E-state index < -0.39 is 84.7 Å². The quantitative estimate of drug-likeness (QED) is 0.251. The topological polar surface area (TPSA) is 55.8 Å². The normalized spacial score (nSPS) is 36.3. The van der Waals surface area contributed by atoms with E-state index in [0.29, 0.717) is 0 Å². The van der Waals surface area contributed by atoms with Crippen LogP contribution in [-0.4, -0.2) is 52.3 Å². The highest BCUT2D eigenvalue weighted by Gasteiger charge is 2.98. The largest absolute Gasteiger partial charge is 0.449 e. The molecule has 0 aromatic rings. The van der Waals surface area contributed by atoms with Gasteiger partial charge in [-0.2, -0.15) is 43.9 Å². The highest BCUT2D eigenvalue weighted by molar-refractivity contribution is 5.82. The van der Waals surface area contributed by atoms with Gasteiger partial charge in [0.2, 0.25) is 5.60 Å². The maximum Gasteiger partial charge on any atom is 0.449 e. The van der Waals surface area contributed by atoms with E-state index in [4.69, 9.17) is 0 Å². The van der Waals surface area contributed by atoms with Crippen LogP contribution in [0.1, 0.15) is 64.2 Å². The molecule has 0 bridgehead atoms. The van der Waals surface area contributed by atoms with Crippen LogP contribution in [0.5, 0.6) is 0 Å². The van der Waals surface area contributed by atoms with Gasteiger partial charge in [-0.25, -0.2) is 4.79 Å². The number of carbonyl (C=O) groups is 1. The van der Waals surface area contributed by atoms with Crippen LogP contribution in [-0.2, 0) is 14.3 Å². The van der Waals surface area contributed by atoms with Crippen molar-refractivity contribution in [2.24, 2.45) is 11.8 Å². The average molecular weight is 544 g/mol. The second-order valence-corrected chi connectivity index (χ2v) is 9.66. The minimum absolute atomic E-state index is 0.0781. The highest BCUT2D eigenvalue weighted by Crippen LogP contribution is 2.71. The molecule has 3 atom stereocenters. The molecule has 36 heavy (non-hydrogen) atoms. The molecule has 0 aromatic carbocycles.